The first-order chi connectivity index (χ1) is 15.1. The number of unbranched alkanes of at least 4 members (excludes halogenated alkanes) is 2. The van der Waals surface area contributed by atoms with Crippen LogP contribution in [0.3, 0.4) is 0 Å². The van der Waals surface area contributed by atoms with Crippen LogP contribution in [0.4, 0.5) is 5.95 Å². The number of carbonyl (C=O) groups excluding carboxylic acids is 2. The Balaban J connectivity index is 1.93. The smallest absolute Gasteiger partial charge is 0.321 e. The number of anilines is 1. The van der Waals surface area contributed by atoms with E-state index in [1.807, 2.05) is 55.5 Å². The second kappa shape index (κ2) is 8.92. The van der Waals surface area contributed by atoms with Gasteiger partial charge in [-0.2, -0.15) is 0 Å². The summed E-state index contributed by atoms with van der Waals surface area (Å²) in [6.45, 7) is 6.68. The van der Waals surface area contributed by atoms with Crippen LogP contribution < -0.4 is 4.90 Å². The molecule has 2 aromatic carbocycles. The van der Waals surface area contributed by atoms with Gasteiger partial charge in [-0.25, -0.2) is 4.98 Å². The summed E-state index contributed by atoms with van der Waals surface area (Å²) in [6.07, 6.45) is 2.91. The molecule has 31 heavy (non-hydrogen) atoms. The lowest BCUT2D eigenvalue weighted by molar-refractivity contribution is -0.153. The summed E-state index contributed by atoms with van der Waals surface area (Å²) >= 11 is 0. The van der Waals surface area contributed by atoms with Crippen molar-refractivity contribution in [3.8, 4) is 0 Å². The Labute approximate surface area is 182 Å². The normalized spacial score (nSPS) is 18.3. The summed E-state index contributed by atoms with van der Waals surface area (Å²) in [7, 11) is 0. The highest BCUT2D eigenvalue weighted by atomic mass is 16.5. The number of imidazole rings is 1. The zero-order valence-electron chi connectivity index (χ0n) is 18.4. The molecule has 0 saturated heterocycles. The first kappa shape index (κ1) is 21.1. The van der Waals surface area contributed by atoms with Crippen molar-refractivity contribution in [3.63, 3.8) is 0 Å². The molecule has 0 unspecified atom stereocenters. The van der Waals surface area contributed by atoms with Crippen molar-refractivity contribution < 1.29 is 14.3 Å². The zero-order valence-corrected chi connectivity index (χ0v) is 18.4. The molecule has 2 heterocycles. The van der Waals surface area contributed by atoms with Crippen molar-refractivity contribution in [1.29, 1.82) is 0 Å². The number of para-hydroxylation sites is 2. The quantitative estimate of drug-likeness (QED) is 0.318. The molecule has 1 aliphatic heterocycles. The Hall–Kier alpha value is -3.15. The van der Waals surface area contributed by atoms with Crippen molar-refractivity contribution in [2.45, 2.75) is 46.1 Å². The topological polar surface area (TPSA) is 64.4 Å². The lowest BCUT2D eigenvalue weighted by Crippen LogP contribution is -2.50. The minimum Gasteiger partial charge on any atom is -0.465 e. The monoisotopic (exact) mass is 419 g/mol. The van der Waals surface area contributed by atoms with E-state index >= 15 is 0 Å². The second-order valence-corrected chi connectivity index (χ2v) is 8.05. The number of aromatic nitrogens is 2. The largest absolute Gasteiger partial charge is 0.465 e. The molecule has 6 nitrogen and oxygen atoms in total. The molecule has 1 aromatic heterocycles. The Morgan fingerprint density at radius 2 is 1.81 bits per heavy atom. The molecule has 6 heteroatoms. The van der Waals surface area contributed by atoms with Gasteiger partial charge in [-0.1, -0.05) is 61.7 Å². The summed E-state index contributed by atoms with van der Waals surface area (Å²) in [6, 6.07) is 15.3. The van der Waals surface area contributed by atoms with Crippen LogP contribution in [0, 0.1) is 12.8 Å². The van der Waals surface area contributed by atoms with Gasteiger partial charge in [0.25, 0.3) is 0 Å². The van der Waals surface area contributed by atoms with E-state index in [1.165, 1.54) is 0 Å². The van der Waals surface area contributed by atoms with Crippen molar-refractivity contribution in [2.75, 3.05) is 18.1 Å². The number of esters is 1. The number of aryl methyl sites for hydroxylation is 1. The Morgan fingerprint density at radius 1 is 1.06 bits per heavy atom. The van der Waals surface area contributed by atoms with Crippen LogP contribution in [0.15, 0.2) is 48.5 Å². The average Bonchev–Trinajstić information content (AvgIpc) is 3.15. The number of ether oxygens (including phenoxy) is 1. The molecule has 162 valence electrons. The van der Waals surface area contributed by atoms with E-state index in [1.54, 1.807) is 11.8 Å². The molecule has 1 amide bonds. The van der Waals surface area contributed by atoms with Crippen molar-refractivity contribution in [2.24, 2.45) is 5.92 Å². The van der Waals surface area contributed by atoms with Gasteiger partial charge < -0.3 is 9.30 Å². The molecule has 0 fully saturated rings. The standard InChI is InChI=1S/C25H29N3O3/c1-4-6-9-16-27-23(29)21(24(30)31-5-2)22(18-14-12-17(3)13-15-18)28-20-11-8-7-10-19(20)26-25(27)28/h7-8,10-15,21-22H,4-6,9,16H2,1-3H3/t21-,22-/m0/s1. The number of hydrogen-bond donors (Lipinski definition) is 0. The van der Waals surface area contributed by atoms with Gasteiger partial charge in [0.2, 0.25) is 11.9 Å². The van der Waals surface area contributed by atoms with Crippen LogP contribution in [-0.4, -0.2) is 34.6 Å². The number of nitrogens with zero attached hydrogens (tertiary/aromatic N) is 3. The molecule has 4 rings (SSSR count). The summed E-state index contributed by atoms with van der Waals surface area (Å²) < 4.78 is 7.44. The lowest BCUT2D eigenvalue weighted by Gasteiger charge is -2.38. The minimum atomic E-state index is -0.950. The van der Waals surface area contributed by atoms with Crippen LogP contribution in [0.2, 0.25) is 0 Å². The van der Waals surface area contributed by atoms with Gasteiger partial charge in [0.15, 0.2) is 5.92 Å². The maximum absolute atomic E-state index is 13.7. The molecular formula is C25H29N3O3. The third-order valence-electron chi connectivity index (χ3n) is 5.89. The summed E-state index contributed by atoms with van der Waals surface area (Å²) in [5.41, 5.74) is 3.74. The molecule has 0 radical (unpaired) electrons. The predicted octanol–water partition coefficient (Wildman–Crippen LogP) is 4.65. The van der Waals surface area contributed by atoms with Crippen LogP contribution in [0.5, 0.6) is 0 Å². The van der Waals surface area contributed by atoms with E-state index in [0.717, 1.165) is 41.4 Å². The molecule has 0 bridgehead atoms. The van der Waals surface area contributed by atoms with Crippen molar-refractivity contribution in [3.05, 3.63) is 59.7 Å². The molecule has 3 aromatic rings. The summed E-state index contributed by atoms with van der Waals surface area (Å²) in [5.74, 6) is -1.06. The van der Waals surface area contributed by atoms with E-state index in [2.05, 4.69) is 11.5 Å². The average molecular weight is 420 g/mol. The van der Waals surface area contributed by atoms with Crippen LogP contribution in [0.25, 0.3) is 11.0 Å². The third kappa shape index (κ3) is 3.82. The Bertz CT molecular complexity index is 1090. The molecule has 0 spiro atoms. The van der Waals surface area contributed by atoms with Gasteiger partial charge >= 0.3 is 5.97 Å². The first-order valence-electron chi connectivity index (χ1n) is 11.1. The van der Waals surface area contributed by atoms with Crippen LogP contribution in [-0.2, 0) is 14.3 Å². The van der Waals surface area contributed by atoms with Gasteiger partial charge in [-0.3, -0.25) is 14.5 Å². The van der Waals surface area contributed by atoms with Gasteiger partial charge in [0.05, 0.1) is 23.7 Å². The second-order valence-electron chi connectivity index (χ2n) is 8.05. The number of hydrogen-bond acceptors (Lipinski definition) is 4. The van der Waals surface area contributed by atoms with Gasteiger partial charge in [0.1, 0.15) is 0 Å². The number of fused-ring (bicyclic) bond motifs is 3. The highest BCUT2D eigenvalue weighted by molar-refractivity contribution is 6.08. The van der Waals surface area contributed by atoms with Crippen molar-refractivity contribution in [1.82, 2.24) is 9.55 Å². The fourth-order valence-electron chi connectivity index (χ4n) is 4.34. The predicted molar refractivity (Wildman–Crippen MR) is 121 cm³/mol. The Morgan fingerprint density at radius 3 is 2.52 bits per heavy atom. The minimum absolute atomic E-state index is 0.233. The number of rotatable bonds is 7. The molecule has 0 N–H and O–H groups in total. The Kier molecular flexibility index (Phi) is 6.07. The number of benzene rings is 2. The summed E-state index contributed by atoms with van der Waals surface area (Å²) in [5, 5.41) is 0. The molecule has 0 aliphatic carbocycles. The molecule has 2 atom stereocenters. The highest BCUT2D eigenvalue weighted by Gasteiger charge is 2.47. The highest BCUT2D eigenvalue weighted by Crippen LogP contribution is 2.41. The van der Waals surface area contributed by atoms with Crippen LogP contribution >= 0.6 is 0 Å². The van der Waals surface area contributed by atoms with Gasteiger partial charge in [0, 0.05) is 6.54 Å². The van der Waals surface area contributed by atoms with Gasteiger partial charge in [-0.05, 0) is 38.0 Å². The van der Waals surface area contributed by atoms with Crippen molar-refractivity contribution >= 4 is 28.9 Å². The van der Waals surface area contributed by atoms with E-state index in [-0.39, 0.29) is 12.5 Å². The third-order valence-corrected chi connectivity index (χ3v) is 5.89. The van der Waals surface area contributed by atoms with E-state index in [9.17, 15) is 9.59 Å². The maximum Gasteiger partial charge on any atom is 0.321 e. The number of amides is 1. The molecule has 0 saturated carbocycles. The fourth-order valence-corrected chi connectivity index (χ4v) is 4.34. The van der Waals surface area contributed by atoms with E-state index in [0.29, 0.717) is 12.5 Å². The maximum atomic E-state index is 13.7. The fraction of sp³-hybridized carbons (Fsp3) is 0.400. The lowest BCUT2D eigenvalue weighted by atomic mass is 9.89. The zero-order chi connectivity index (χ0) is 22.0. The summed E-state index contributed by atoms with van der Waals surface area (Å²) in [4.78, 5) is 33.3. The first-order valence-corrected chi connectivity index (χ1v) is 11.1. The van der Waals surface area contributed by atoms with Crippen LogP contribution in [0.1, 0.15) is 50.3 Å². The number of carbonyl (C=O) groups is 2. The van der Waals surface area contributed by atoms with E-state index < -0.39 is 17.9 Å². The van der Waals surface area contributed by atoms with Gasteiger partial charge in [-0.15, -0.1) is 0 Å². The van der Waals surface area contributed by atoms with E-state index in [4.69, 9.17) is 9.72 Å². The SMILES string of the molecule is CCCCCN1C(=O)[C@@H](C(=O)OCC)[C@H](c2ccc(C)cc2)n2c1nc1ccccc12. The molecule has 1 aliphatic rings. The molecular weight excluding hydrogens is 390 g/mol.